The molecule has 0 saturated carbocycles. The van der Waals surface area contributed by atoms with Crippen LogP contribution in [0.2, 0.25) is 0 Å². The van der Waals surface area contributed by atoms with Crippen molar-refractivity contribution < 1.29 is 25.9 Å². The Morgan fingerprint density at radius 1 is 1.14 bits per heavy atom. The summed E-state index contributed by atoms with van der Waals surface area (Å²) in [5, 5.41) is 8.92. The van der Waals surface area contributed by atoms with E-state index in [9.17, 15) is 16.8 Å². The minimum atomic E-state index is -4.67. The first-order valence-corrected chi connectivity index (χ1v) is 8.76. The summed E-state index contributed by atoms with van der Waals surface area (Å²) in [5.74, 6) is 0. The first kappa shape index (κ1) is 15.7. The van der Waals surface area contributed by atoms with Crippen LogP contribution < -0.4 is 0 Å². The molecule has 0 atom stereocenters. The molecule has 1 heterocycles. The summed E-state index contributed by atoms with van der Waals surface area (Å²) < 4.78 is 62.3. The van der Waals surface area contributed by atoms with E-state index in [0.29, 0.717) is 6.07 Å². The molecule has 0 saturated heterocycles. The molecular formula is C9H6N3O6S3. The highest BCUT2D eigenvalue weighted by Gasteiger charge is 2.20. The predicted octanol–water partition coefficient (Wildman–Crippen LogP) is 1.85. The van der Waals surface area contributed by atoms with Crippen molar-refractivity contribution in [3.05, 3.63) is 29.8 Å². The number of azo groups is 1. The Kier molecular flexibility index (Phi) is 4.15. The second-order valence-corrected chi connectivity index (χ2v) is 7.16. The number of thiazole rings is 1. The maximum atomic E-state index is 11.2. The Bertz CT molecular complexity index is 887. The van der Waals surface area contributed by atoms with Crippen LogP contribution in [0.15, 0.2) is 43.7 Å². The van der Waals surface area contributed by atoms with Crippen LogP contribution in [0.3, 0.4) is 0 Å². The molecule has 0 amide bonds. The molecule has 2 aromatic rings. The van der Waals surface area contributed by atoms with E-state index < -0.39 is 35.7 Å². The van der Waals surface area contributed by atoms with Gasteiger partial charge in [0, 0.05) is 17.6 Å². The molecule has 2 N–H and O–H groups in total. The van der Waals surface area contributed by atoms with Gasteiger partial charge in [-0.15, -0.1) is 21.6 Å². The Labute approximate surface area is 123 Å². The monoisotopic (exact) mass is 348 g/mol. The van der Waals surface area contributed by atoms with Gasteiger partial charge < -0.3 is 0 Å². The molecule has 0 aliphatic carbocycles. The van der Waals surface area contributed by atoms with Crippen LogP contribution in [0, 0.1) is 6.07 Å². The van der Waals surface area contributed by atoms with E-state index in [1.807, 2.05) is 6.07 Å². The largest absolute Gasteiger partial charge is 0.296 e. The highest BCUT2D eigenvalue weighted by molar-refractivity contribution is 7.86. The molecule has 111 valence electrons. The van der Waals surface area contributed by atoms with Gasteiger partial charge in [-0.1, -0.05) is 0 Å². The summed E-state index contributed by atoms with van der Waals surface area (Å²) in [6.07, 6.45) is 1.44. The Morgan fingerprint density at radius 2 is 1.86 bits per heavy atom. The lowest BCUT2D eigenvalue weighted by Crippen LogP contribution is -2.02. The van der Waals surface area contributed by atoms with Crippen LogP contribution in [0.4, 0.5) is 10.8 Å². The smallest absolute Gasteiger partial charge is 0.282 e. The zero-order valence-corrected chi connectivity index (χ0v) is 12.4. The first-order chi connectivity index (χ1) is 9.68. The van der Waals surface area contributed by atoms with E-state index in [0.717, 1.165) is 17.4 Å². The average molecular weight is 348 g/mol. The first-order valence-electron chi connectivity index (χ1n) is 5.00. The van der Waals surface area contributed by atoms with Crippen LogP contribution in [-0.2, 0) is 20.2 Å². The lowest BCUT2D eigenvalue weighted by Gasteiger charge is -2.03. The zero-order valence-electron chi connectivity index (χ0n) is 9.90. The average Bonchev–Trinajstić information content (AvgIpc) is 2.86. The van der Waals surface area contributed by atoms with Gasteiger partial charge in [-0.05, 0) is 12.1 Å². The fourth-order valence-corrected chi connectivity index (χ4v) is 2.74. The van der Waals surface area contributed by atoms with Crippen LogP contribution in [0.5, 0.6) is 0 Å². The molecule has 1 aromatic carbocycles. The minimum Gasteiger partial charge on any atom is -0.282 e. The van der Waals surface area contributed by atoms with E-state index in [1.165, 1.54) is 6.20 Å². The van der Waals surface area contributed by atoms with Crippen molar-refractivity contribution in [2.45, 2.75) is 9.79 Å². The Morgan fingerprint density at radius 3 is 2.38 bits per heavy atom. The molecule has 0 aliphatic heterocycles. The van der Waals surface area contributed by atoms with Crippen LogP contribution >= 0.6 is 11.3 Å². The van der Waals surface area contributed by atoms with Crippen molar-refractivity contribution >= 4 is 42.4 Å². The summed E-state index contributed by atoms with van der Waals surface area (Å²) in [6.45, 7) is 0. The lowest BCUT2D eigenvalue weighted by atomic mass is 10.3. The molecule has 21 heavy (non-hydrogen) atoms. The number of benzene rings is 1. The van der Waals surface area contributed by atoms with Crippen molar-refractivity contribution in [1.29, 1.82) is 0 Å². The van der Waals surface area contributed by atoms with Gasteiger partial charge in [0.25, 0.3) is 20.2 Å². The second-order valence-electron chi connectivity index (χ2n) is 3.51. The van der Waals surface area contributed by atoms with Gasteiger partial charge in [0.05, 0.1) is 0 Å². The summed E-state index contributed by atoms with van der Waals surface area (Å²) in [6, 6.07) is 3.42. The lowest BCUT2D eigenvalue weighted by molar-refractivity contribution is 0.478. The SMILES string of the molecule is O=S(=O)(O)c1[c]cc(S(=O)(=O)O)c(N=Nc2nccs2)c1. The van der Waals surface area contributed by atoms with Crippen LogP contribution in [0.1, 0.15) is 0 Å². The molecule has 0 aliphatic rings. The topological polar surface area (TPSA) is 146 Å². The van der Waals surface area contributed by atoms with Crippen molar-refractivity contribution in [1.82, 2.24) is 4.98 Å². The molecule has 1 aromatic heterocycles. The molecule has 9 nitrogen and oxygen atoms in total. The maximum absolute atomic E-state index is 11.2. The molecule has 12 heteroatoms. The highest BCUT2D eigenvalue weighted by atomic mass is 32.2. The summed E-state index contributed by atoms with van der Waals surface area (Å²) >= 11 is 1.11. The van der Waals surface area contributed by atoms with Gasteiger partial charge in [0.1, 0.15) is 15.5 Å². The van der Waals surface area contributed by atoms with Gasteiger partial charge in [-0.3, -0.25) is 9.11 Å². The summed E-state index contributed by atoms with van der Waals surface area (Å²) in [4.78, 5) is 2.36. The predicted molar refractivity (Wildman–Crippen MR) is 71.2 cm³/mol. The van der Waals surface area contributed by atoms with Gasteiger partial charge in [-0.2, -0.15) is 16.8 Å². The normalized spacial score (nSPS) is 12.9. The van der Waals surface area contributed by atoms with Crippen LogP contribution in [0.25, 0.3) is 0 Å². The maximum Gasteiger partial charge on any atom is 0.296 e. The van der Waals surface area contributed by atoms with E-state index >= 15 is 0 Å². The van der Waals surface area contributed by atoms with Crippen molar-refractivity contribution in [3.8, 4) is 0 Å². The van der Waals surface area contributed by atoms with E-state index in [1.54, 1.807) is 5.38 Å². The quantitative estimate of drug-likeness (QED) is 0.633. The van der Waals surface area contributed by atoms with E-state index in [-0.39, 0.29) is 5.13 Å². The Hall–Kier alpha value is -1.73. The third-order valence-electron chi connectivity index (χ3n) is 2.08. The number of nitrogens with zero attached hydrogens (tertiary/aromatic N) is 3. The van der Waals surface area contributed by atoms with Crippen LogP contribution in [-0.4, -0.2) is 30.9 Å². The molecule has 0 spiro atoms. The zero-order chi connectivity index (χ0) is 15.7. The fraction of sp³-hybridized carbons (Fsp3) is 0. The van der Waals surface area contributed by atoms with Gasteiger partial charge in [0.15, 0.2) is 0 Å². The van der Waals surface area contributed by atoms with Gasteiger partial charge in [0.2, 0.25) is 5.13 Å². The van der Waals surface area contributed by atoms with Crippen molar-refractivity contribution in [2.24, 2.45) is 10.2 Å². The number of hydrogen-bond donors (Lipinski definition) is 2. The van der Waals surface area contributed by atoms with E-state index in [4.69, 9.17) is 9.11 Å². The van der Waals surface area contributed by atoms with Crippen molar-refractivity contribution in [2.75, 3.05) is 0 Å². The molecular weight excluding hydrogens is 342 g/mol. The number of rotatable bonds is 4. The number of aromatic nitrogens is 1. The molecule has 2 rings (SSSR count). The second kappa shape index (κ2) is 5.57. The van der Waals surface area contributed by atoms with Crippen molar-refractivity contribution in [3.63, 3.8) is 0 Å². The minimum absolute atomic E-state index is 0.192. The standard InChI is InChI=1S/C9H6N3O6S3/c13-20(14,15)6-1-2-8(21(16,17)18)7(5-6)11-12-9-10-3-4-19-9/h2-5H,(H,13,14,15)(H,16,17,18). The third kappa shape index (κ3) is 3.89. The van der Waals surface area contributed by atoms with E-state index in [2.05, 4.69) is 15.2 Å². The summed E-state index contributed by atoms with van der Waals surface area (Å²) in [5.41, 5.74) is -0.473. The molecule has 0 bridgehead atoms. The molecule has 1 radical (unpaired) electrons. The molecule has 0 unspecified atom stereocenters. The molecule has 0 fully saturated rings. The Balaban J connectivity index is 2.59. The fourth-order valence-electron chi connectivity index (χ4n) is 1.24. The number of hydrogen-bond acceptors (Lipinski definition) is 8. The highest BCUT2D eigenvalue weighted by Crippen LogP contribution is 2.29. The van der Waals surface area contributed by atoms with Gasteiger partial charge in [-0.25, -0.2) is 4.98 Å². The van der Waals surface area contributed by atoms with Gasteiger partial charge >= 0.3 is 0 Å². The summed E-state index contributed by atoms with van der Waals surface area (Å²) in [7, 11) is -9.27. The third-order valence-corrected chi connectivity index (χ3v) is 4.41.